The Morgan fingerprint density at radius 1 is 0.943 bits per heavy atom. The first-order chi connectivity index (χ1) is 16.7. The zero-order chi connectivity index (χ0) is 24.9. The molecule has 0 radical (unpaired) electrons. The van der Waals surface area contributed by atoms with Gasteiger partial charge in [-0.3, -0.25) is 9.69 Å². The molecule has 2 aliphatic heterocycles. The SMILES string of the molecule is CC(C)C(=O)N[C@H]1[C@@H](c2ccccc2-n2cccn2)[C@@H]2c3ccccc3[C@H]1N2C(=O)OC(C)(C)C. The Morgan fingerprint density at radius 2 is 1.57 bits per heavy atom. The number of rotatable bonds is 4. The summed E-state index contributed by atoms with van der Waals surface area (Å²) in [6.07, 6.45) is 3.29. The Hall–Kier alpha value is -3.61. The molecule has 1 saturated heterocycles. The van der Waals surface area contributed by atoms with E-state index in [-0.39, 0.29) is 42.0 Å². The van der Waals surface area contributed by atoms with E-state index >= 15 is 0 Å². The van der Waals surface area contributed by atoms with Crippen LogP contribution < -0.4 is 5.32 Å². The van der Waals surface area contributed by atoms with Gasteiger partial charge in [-0.25, -0.2) is 9.48 Å². The zero-order valence-electron chi connectivity index (χ0n) is 20.8. The number of nitrogens with zero attached hydrogens (tertiary/aromatic N) is 3. The van der Waals surface area contributed by atoms with Crippen molar-refractivity contribution in [2.75, 3.05) is 0 Å². The van der Waals surface area contributed by atoms with Crippen LogP contribution >= 0.6 is 0 Å². The van der Waals surface area contributed by atoms with Crippen molar-refractivity contribution in [1.82, 2.24) is 20.0 Å². The van der Waals surface area contributed by atoms with Gasteiger partial charge in [0, 0.05) is 24.2 Å². The van der Waals surface area contributed by atoms with Crippen molar-refractivity contribution in [2.24, 2.45) is 5.92 Å². The molecule has 0 spiro atoms. The molecule has 5 rings (SSSR count). The van der Waals surface area contributed by atoms with Crippen molar-refractivity contribution < 1.29 is 14.3 Å². The molecule has 4 atom stereocenters. The Kier molecular flexibility index (Phi) is 5.66. The average molecular weight is 473 g/mol. The van der Waals surface area contributed by atoms with Gasteiger partial charge < -0.3 is 10.1 Å². The van der Waals surface area contributed by atoms with Gasteiger partial charge in [-0.05, 0) is 49.6 Å². The van der Waals surface area contributed by atoms with Crippen LogP contribution in [0.2, 0.25) is 0 Å². The fourth-order valence-electron chi connectivity index (χ4n) is 5.44. The lowest BCUT2D eigenvalue weighted by atomic mass is 9.76. The second kappa shape index (κ2) is 8.56. The number of amides is 2. The van der Waals surface area contributed by atoms with Gasteiger partial charge in [-0.1, -0.05) is 56.3 Å². The molecular formula is C28H32N4O3. The number of para-hydroxylation sites is 1. The molecule has 35 heavy (non-hydrogen) atoms. The molecule has 0 aliphatic carbocycles. The molecule has 182 valence electrons. The summed E-state index contributed by atoms with van der Waals surface area (Å²) < 4.78 is 7.72. The lowest BCUT2D eigenvalue weighted by Gasteiger charge is -2.32. The number of benzene rings is 2. The Morgan fingerprint density at radius 3 is 2.17 bits per heavy atom. The largest absolute Gasteiger partial charge is 0.444 e. The van der Waals surface area contributed by atoms with Crippen LogP contribution in [0, 0.1) is 5.92 Å². The van der Waals surface area contributed by atoms with Gasteiger partial charge in [0.2, 0.25) is 5.91 Å². The van der Waals surface area contributed by atoms with E-state index in [0.29, 0.717) is 0 Å². The molecule has 0 saturated carbocycles. The van der Waals surface area contributed by atoms with Crippen LogP contribution in [0.1, 0.15) is 69.3 Å². The third-order valence-corrected chi connectivity index (χ3v) is 6.78. The highest BCUT2D eigenvalue weighted by molar-refractivity contribution is 5.80. The smallest absolute Gasteiger partial charge is 0.411 e. The fourth-order valence-corrected chi connectivity index (χ4v) is 5.44. The number of hydrogen-bond donors (Lipinski definition) is 1. The molecule has 7 heteroatoms. The standard InChI is InChI=1S/C28H32N4O3/c1-17(2)26(33)30-23-22(20-13-8-9-14-21(20)31-16-10-15-29-31)24-18-11-6-7-12-19(18)25(23)32(24)27(34)35-28(3,4)5/h6-17,22-25H,1-5H3,(H,30,33)/t22-,23+,24+,25-/m1/s1. The highest BCUT2D eigenvalue weighted by Crippen LogP contribution is 2.60. The number of fused-ring (bicyclic) bond motifs is 5. The van der Waals surface area contributed by atoms with E-state index in [4.69, 9.17) is 4.74 Å². The summed E-state index contributed by atoms with van der Waals surface area (Å²) in [4.78, 5) is 28.5. The highest BCUT2D eigenvalue weighted by atomic mass is 16.6. The van der Waals surface area contributed by atoms with Crippen LogP contribution in [0.4, 0.5) is 4.79 Å². The zero-order valence-corrected chi connectivity index (χ0v) is 20.8. The molecule has 2 bridgehead atoms. The molecular weight excluding hydrogens is 440 g/mol. The van der Waals surface area contributed by atoms with Crippen LogP contribution in [0.5, 0.6) is 0 Å². The third kappa shape index (κ3) is 3.99. The third-order valence-electron chi connectivity index (χ3n) is 6.78. The van der Waals surface area contributed by atoms with Gasteiger partial charge in [0.25, 0.3) is 0 Å². The topological polar surface area (TPSA) is 76.5 Å². The summed E-state index contributed by atoms with van der Waals surface area (Å²) in [5.74, 6) is -0.391. The van der Waals surface area contributed by atoms with Crippen LogP contribution in [0.3, 0.4) is 0 Å². The van der Waals surface area contributed by atoms with E-state index in [2.05, 4.69) is 28.6 Å². The van der Waals surface area contributed by atoms with Crippen molar-refractivity contribution in [3.8, 4) is 5.69 Å². The van der Waals surface area contributed by atoms with Crippen molar-refractivity contribution in [2.45, 2.75) is 64.3 Å². The van der Waals surface area contributed by atoms with E-state index < -0.39 is 5.60 Å². The molecule has 7 nitrogen and oxygen atoms in total. The molecule has 1 aromatic heterocycles. The second-order valence-electron chi connectivity index (χ2n) is 10.6. The van der Waals surface area contributed by atoms with E-state index in [0.717, 1.165) is 22.4 Å². The van der Waals surface area contributed by atoms with Gasteiger partial charge in [0.1, 0.15) is 5.60 Å². The van der Waals surface area contributed by atoms with Gasteiger partial charge in [-0.15, -0.1) is 0 Å². The predicted molar refractivity (Wildman–Crippen MR) is 133 cm³/mol. The van der Waals surface area contributed by atoms with E-state index in [1.54, 1.807) is 6.20 Å². The van der Waals surface area contributed by atoms with Gasteiger partial charge >= 0.3 is 6.09 Å². The summed E-state index contributed by atoms with van der Waals surface area (Å²) in [5.41, 5.74) is 3.48. The van der Waals surface area contributed by atoms with Gasteiger partial charge in [0.15, 0.2) is 0 Å². The first kappa shape index (κ1) is 23.1. The van der Waals surface area contributed by atoms with Crippen LogP contribution in [0.15, 0.2) is 67.0 Å². The average Bonchev–Trinajstić information content (AvgIpc) is 3.52. The first-order valence-electron chi connectivity index (χ1n) is 12.2. The molecule has 2 aliphatic rings. The van der Waals surface area contributed by atoms with E-state index in [1.165, 1.54) is 0 Å². The summed E-state index contributed by atoms with van der Waals surface area (Å²) in [5, 5.41) is 7.77. The van der Waals surface area contributed by atoms with Gasteiger partial charge in [-0.2, -0.15) is 5.10 Å². The van der Waals surface area contributed by atoms with Crippen LogP contribution in [-0.2, 0) is 9.53 Å². The van der Waals surface area contributed by atoms with E-state index in [1.807, 2.05) is 86.8 Å². The highest BCUT2D eigenvalue weighted by Gasteiger charge is 2.60. The Bertz CT molecular complexity index is 1250. The summed E-state index contributed by atoms with van der Waals surface area (Å²) in [6, 6.07) is 17.2. The van der Waals surface area contributed by atoms with Crippen molar-refractivity contribution in [1.29, 1.82) is 0 Å². The second-order valence-corrected chi connectivity index (χ2v) is 10.6. The van der Waals surface area contributed by atoms with Crippen molar-refractivity contribution >= 4 is 12.0 Å². The lowest BCUT2D eigenvalue weighted by molar-refractivity contribution is -0.125. The normalized spacial score (nSPS) is 22.9. The van der Waals surface area contributed by atoms with Crippen LogP contribution in [-0.4, -0.2) is 38.3 Å². The number of ether oxygens (including phenoxy) is 1. The van der Waals surface area contributed by atoms with Crippen LogP contribution in [0.25, 0.3) is 5.69 Å². The minimum Gasteiger partial charge on any atom is -0.444 e. The molecule has 3 heterocycles. The minimum atomic E-state index is -0.634. The predicted octanol–water partition coefficient (Wildman–Crippen LogP) is 5.14. The minimum absolute atomic E-state index is 0.0364. The molecule has 1 fully saturated rings. The number of aromatic nitrogens is 2. The fraction of sp³-hybridized carbons (Fsp3) is 0.393. The summed E-state index contributed by atoms with van der Waals surface area (Å²) >= 11 is 0. The molecule has 1 N–H and O–H groups in total. The number of nitrogens with one attached hydrogen (secondary N) is 1. The quantitative estimate of drug-likeness (QED) is 0.570. The van der Waals surface area contributed by atoms with Gasteiger partial charge in [0.05, 0.1) is 23.8 Å². The molecule has 0 unspecified atom stereocenters. The first-order valence-corrected chi connectivity index (χ1v) is 12.2. The Balaban J connectivity index is 1.68. The summed E-state index contributed by atoms with van der Waals surface area (Å²) in [7, 11) is 0. The van der Waals surface area contributed by atoms with Crippen molar-refractivity contribution in [3.05, 3.63) is 83.7 Å². The lowest BCUT2D eigenvalue weighted by Crippen LogP contribution is -2.45. The maximum absolute atomic E-state index is 13.6. The number of hydrogen-bond acceptors (Lipinski definition) is 4. The maximum Gasteiger partial charge on any atom is 0.411 e. The van der Waals surface area contributed by atoms with Crippen molar-refractivity contribution in [3.63, 3.8) is 0 Å². The molecule has 2 amide bonds. The summed E-state index contributed by atoms with van der Waals surface area (Å²) in [6.45, 7) is 9.39. The Labute approximate surface area is 206 Å². The maximum atomic E-state index is 13.6. The number of carbonyl (C=O) groups excluding carboxylic acids is 2. The van der Waals surface area contributed by atoms with E-state index in [9.17, 15) is 9.59 Å². The number of carbonyl (C=O) groups is 2. The molecule has 2 aromatic carbocycles. The monoisotopic (exact) mass is 472 g/mol. The molecule has 3 aromatic rings.